The van der Waals surface area contributed by atoms with Crippen LogP contribution in [0.4, 0.5) is 0 Å². The van der Waals surface area contributed by atoms with Crippen LogP contribution in [0.2, 0.25) is 0 Å². The van der Waals surface area contributed by atoms with E-state index >= 15 is 0 Å². The maximum atomic E-state index is 5.43. The zero-order valence-corrected chi connectivity index (χ0v) is 18.9. The molecule has 0 bridgehead atoms. The third-order valence-electron chi connectivity index (χ3n) is 6.33. The number of aromatic nitrogens is 3. The fourth-order valence-electron chi connectivity index (χ4n) is 4.27. The Bertz CT molecular complexity index is 1190. The molecule has 0 aliphatic carbocycles. The molecular weight excluding hydrogens is 396 g/mol. The highest BCUT2D eigenvalue weighted by Crippen LogP contribution is 2.28. The molecule has 1 aliphatic rings. The van der Waals surface area contributed by atoms with Crippen molar-refractivity contribution < 1.29 is 4.74 Å². The van der Waals surface area contributed by atoms with E-state index in [4.69, 9.17) is 9.72 Å². The zero-order chi connectivity index (χ0) is 21.9. The van der Waals surface area contributed by atoms with Crippen LogP contribution >= 0.6 is 0 Å². The molecule has 1 saturated heterocycles. The van der Waals surface area contributed by atoms with Crippen molar-refractivity contribution in [1.82, 2.24) is 19.5 Å². The monoisotopic (exact) mass is 426 g/mol. The SMILES string of the molecule is CC(C)c1cccc(-c2cnn3cc(-c4ccc(CCN5CCOCC5)cc4)cnc23)c1. The van der Waals surface area contributed by atoms with E-state index in [0.717, 1.165) is 67.2 Å². The smallest absolute Gasteiger partial charge is 0.162 e. The topological polar surface area (TPSA) is 42.7 Å². The molecular formula is C27H30N4O. The highest BCUT2D eigenvalue weighted by atomic mass is 16.5. The van der Waals surface area contributed by atoms with Crippen molar-refractivity contribution in [2.45, 2.75) is 26.2 Å². The summed E-state index contributed by atoms with van der Waals surface area (Å²) in [5, 5.41) is 4.59. The fraction of sp³-hybridized carbons (Fsp3) is 0.333. The van der Waals surface area contributed by atoms with Gasteiger partial charge in [-0.3, -0.25) is 4.90 Å². The predicted octanol–water partition coefficient (Wildman–Crippen LogP) is 5.06. The third-order valence-corrected chi connectivity index (χ3v) is 6.33. The van der Waals surface area contributed by atoms with E-state index in [-0.39, 0.29) is 0 Å². The normalized spacial score (nSPS) is 15.0. The molecule has 0 radical (unpaired) electrons. The number of ether oxygens (including phenoxy) is 1. The van der Waals surface area contributed by atoms with Crippen LogP contribution in [0.3, 0.4) is 0 Å². The molecule has 32 heavy (non-hydrogen) atoms. The summed E-state index contributed by atoms with van der Waals surface area (Å²) in [4.78, 5) is 7.24. The molecule has 2 aromatic carbocycles. The van der Waals surface area contributed by atoms with E-state index in [1.165, 1.54) is 11.1 Å². The number of hydrogen-bond donors (Lipinski definition) is 0. The minimum absolute atomic E-state index is 0.494. The van der Waals surface area contributed by atoms with Crippen LogP contribution in [0.15, 0.2) is 67.1 Å². The first kappa shape index (κ1) is 20.9. The Labute approximate surface area is 189 Å². The van der Waals surface area contributed by atoms with E-state index < -0.39 is 0 Å². The minimum atomic E-state index is 0.494. The summed E-state index contributed by atoms with van der Waals surface area (Å²) in [7, 11) is 0. The van der Waals surface area contributed by atoms with E-state index in [9.17, 15) is 0 Å². The van der Waals surface area contributed by atoms with Crippen LogP contribution in [0.5, 0.6) is 0 Å². The molecule has 164 valence electrons. The number of hydrogen-bond acceptors (Lipinski definition) is 4. The molecule has 5 nitrogen and oxygen atoms in total. The van der Waals surface area contributed by atoms with E-state index in [2.05, 4.69) is 78.6 Å². The first-order chi connectivity index (χ1) is 15.7. The second kappa shape index (κ2) is 9.23. The average Bonchev–Trinajstić information content (AvgIpc) is 3.27. The standard InChI is InChI=1S/C27H30N4O/c1-20(2)23-4-3-5-24(16-23)26-18-29-31-19-25(17-28-27(26)31)22-8-6-21(7-9-22)10-11-30-12-14-32-15-13-30/h3-9,16-20H,10-15H2,1-2H3. The molecule has 1 fully saturated rings. The second-order valence-corrected chi connectivity index (χ2v) is 8.85. The summed E-state index contributed by atoms with van der Waals surface area (Å²) in [6.45, 7) is 9.31. The van der Waals surface area contributed by atoms with E-state index in [0.29, 0.717) is 5.92 Å². The van der Waals surface area contributed by atoms with Crippen molar-refractivity contribution >= 4 is 5.65 Å². The predicted molar refractivity (Wildman–Crippen MR) is 129 cm³/mol. The summed E-state index contributed by atoms with van der Waals surface area (Å²) in [5.74, 6) is 0.494. The molecule has 0 saturated carbocycles. The van der Waals surface area contributed by atoms with Gasteiger partial charge in [0.05, 0.1) is 19.4 Å². The van der Waals surface area contributed by atoms with Crippen LogP contribution in [0.25, 0.3) is 27.9 Å². The molecule has 0 N–H and O–H groups in total. The van der Waals surface area contributed by atoms with Gasteiger partial charge in [-0.15, -0.1) is 0 Å². The molecule has 5 rings (SSSR count). The van der Waals surface area contributed by atoms with Crippen molar-refractivity contribution in [3.63, 3.8) is 0 Å². The van der Waals surface area contributed by atoms with Crippen molar-refractivity contribution in [2.75, 3.05) is 32.8 Å². The van der Waals surface area contributed by atoms with Gasteiger partial charge in [0.25, 0.3) is 0 Å². The van der Waals surface area contributed by atoms with Gasteiger partial charge in [0.2, 0.25) is 0 Å². The Morgan fingerprint density at radius 1 is 0.938 bits per heavy atom. The maximum Gasteiger partial charge on any atom is 0.162 e. The van der Waals surface area contributed by atoms with E-state index in [1.807, 2.05) is 16.9 Å². The van der Waals surface area contributed by atoms with E-state index in [1.54, 1.807) is 0 Å². The van der Waals surface area contributed by atoms with Gasteiger partial charge in [-0.05, 0) is 34.6 Å². The molecule has 4 aromatic rings. The Morgan fingerprint density at radius 2 is 1.75 bits per heavy atom. The molecule has 0 atom stereocenters. The number of rotatable bonds is 6. The Hall–Kier alpha value is -3.02. The second-order valence-electron chi connectivity index (χ2n) is 8.85. The lowest BCUT2D eigenvalue weighted by Crippen LogP contribution is -2.37. The highest BCUT2D eigenvalue weighted by Gasteiger charge is 2.12. The van der Waals surface area contributed by atoms with Crippen LogP contribution in [0, 0.1) is 0 Å². The first-order valence-corrected chi connectivity index (χ1v) is 11.5. The van der Waals surface area contributed by atoms with Crippen LogP contribution in [-0.2, 0) is 11.2 Å². The van der Waals surface area contributed by atoms with Gasteiger partial charge >= 0.3 is 0 Å². The lowest BCUT2D eigenvalue weighted by atomic mass is 9.98. The van der Waals surface area contributed by atoms with Crippen molar-refractivity contribution in [3.8, 4) is 22.3 Å². The fourth-order valence-corrected chi connectivity index (χ4v) is 4.27. The summed E-state index contributed by atoms with van der Waals surface area (Å²) in [6, 6.07) is 17.5. The quantitative estimate of drug-likeness (QED) is 0.432. The average molecular weight is 427 g/mol. The summed E-state index contributed by atoms with van der Waals surface area (Å²) < 4.78 is 7.32. The largest absolute Gasteiger partial charge is 0.379 e. The molecule has 0 amide bonds. The molecule has 2 aromatic heterocycles. The van der Waals surface area contributed by atoms with Crippen LogP contribution in [-0.4, -0.2) is 52.3 Å². The van der Waals surface area contributed by atoms with Gasteiger partial charge in [0.1, 0.15) is 0 Å². The highest BCUT2D eigenvalue weighted by molar-refractivity contribution is 5.78. The van der Waals surface area contributed by atoms with Gasteiger partial charge in [-0.25, -0.2) is 9.50 Å². The summed E-state index contributed by atoms with van der Waals surface area (Å²) >= 11 is 0. The first-order valence-electron chi connectivity index (χ1n) is 11.5. The number of fused-ring (bicyclic) bond motifs is 1. The third kappa shape index (κ3) is 4.45. The van der Waals surface area contributed by atoms with Crippen molar-refractivity contribution in [1.29, 1.82) is 0 Å². The zero-order valence-electron chi connectivity index (χ0n) is 18.9. The van der Waals surface area contributed by atoms with Crippen molar-refractivity contribution in [2.24, 2.45) is 0 Å². The van der Waals surface area contributed by atoms with Gasteiger partial charge < -0.3 is 4.74 Å². The number of benzene rings is 2. The molecule has 0 unspecified atom stereocenters. The van der Waals surface area contributed by atoms with Gasteiger partial charge in [0.15, 0.2) is 5.65 Å². The van der Waals surface area contributed by atoms with Crippen molar-refractivity contribution in [3.05, 3.63) is 78.2 Å². The Balaban J connectivity index is 1.33. The minimum Gasteiger partial charge on any atom is -0.379 e. The summed E-state index contributed by atoms with van der Waals surface area (Å²) in [6.07, 6.45) is 7.01. The summed E-state index contributed by atoms with van der Waals surface area (Å²) in [5.41, 5.74) is 8.04. The molecule has 1 aliphatic heterocycles. The number of nitrogens with zero attached hydrogens (tertiary/aromatic N) is 4. The molecule has 5 heteroatoms. The molecule has 3 heterocycles. The van der Waals surface area contributed by atoms with Gasteiger partial charge in [-0.2, -0.15) is 5.10 Å². The maximum absolute atomic E-state index is 5.43. The Kier molecular flexibility index (Phi) is 6.02. The molecule has 0 spiro atoms. The number of morpholine rings is 1. The lowest BCUT2D eigenvalue weighted by molar-refractivity contribution is 0.0384. The lowest BCUT2D eigenvalue weighted by Gasteiger charge is -2.26. The van der Waals surface area contributed by atoms with Crippen LogP contribution < -0.4 is 0 Å². The van der Waals surface area contributed by atoms with Gasteiger partial charge in [0, 0.05) is 43.2 Å². The van der Waals surface area contributed by atoms with Gasteiger partial charge in [-0.1, -0.05) is 62.4 Å². The Morgan fingerprint density at radius 3 is 2.53 bits per heavy atom. The van der Waals surface area contributed by atoms with Crippen LogP contribution in [0.1, 0.15) is 30.9 Å².